The van der Waals surface area contributed by atoms with Gasteiger partial charge in [0.05, 0.1) is 0 Å². The van der Waals surface area contributed by atoms with Crippen molar-refractivity contribution in [3.05, 3.63) is 64.9 Å². The smallest absolute Gasteiger partial charge is 0.374 e. The Bertz CT molecular complexity index is 662. The highest BCUT2D eigenvalue weighted by molar-refractivity contribution is 6.31. The van der Waals surface area contributed by atoms with E-state index in [1.807, 2.05) is 0 Å². The molecule has 1 N–H and O–H groups in total. The lowest BCUT2D eigenvalue weighted by molar-refractivity contribution is -0.336. The molecule has 0 aliphatic rings. The van der Waals surface area contributed by atoms with Crippen LogP contribution < -0.4 is 0 Å². The number of aromatic nitrogens is 1. The average Bonchev–Trinajstić information content (AvgIpc) is 2.46. The lowest BCUT2D eigenvalue weighted by atomic mass is 9.81. The van der Waals surface area contributed by atoms with E-state index in [2.05, 4.69) is 4.98 Å². The molecule has 0 aliphatic carbocycles. The van der Waals surface area contributed by atoms with E-state index in [-0.39, 0.29) is 0 Å². The van der Waals surface area contributed by atoms with Crippen molar-refractivity contribution in [2.24, 2.45) is 0 Å². The fourth-order valence-electron chi connectivity index (χ4n) is 2.04. The first-order valence-corrected chi connectivity index (χ1v) is 6.32. The number of halogens is 6. The zero-order valence-corrected chi connectivity index (χ0v) is 11.5. The minimum Gasteiger partial charge on any atom is -0.374 e. The molecule has 1 heterocycles. The lowest BCUT2D eigenvalue weighted by Gasteiger charge is -2.37. The van der Waals surface area contributed by atoms with Gasteiger partial charge in [-0.1, -0.05) is 35.9 Å². The maximum atomic E-state index is 14.1. The average molecular weight is 338 g/mol. The summed E-state index contributed by atoms with van der Waals surface area (Å²) < 4.78 is 66.7. The van der Waals surface area contributed by atoms with Crippen LogP contribution in [0.3, 0.4) is 0 Å². The summed E-state index contributed by atoms with van der Waals surface area (Å²) in [6.07, 6.45) is -4.07. The zero-order valence-electron chi connectivity index (χ0n) is 10.8. The summed E-state index contributed by atoms with van der Waals surface area (Å²) in [5, 5.41) is 9.99. The van der Waals surface area contributed by atoms with Gasteiger partial charge in [0.25, 0.3) is 0 Å². The second-order valence-corrected chi connectivity index (χ2v) is 4.91. The van der Waals surface area contributed by atoms with E-state index < -0.39 is 33.8 Å². The molecule has 0 saturated heterocycles. The second kappa shape index (κ2) is 5.48. The van der Waals surface area contributed by atoms with Gasteiger partial charge in [0.1, 0.15) is 0 Å². The molecule has 0 saturated carbocycles. The summed E-state index contributed by atoms with van der Waals surface area (Å²) in [6.45, 7) is 0. The molecule has 118 valence electrons. The van der Waals surface area contributed by atoms with Gasteiger partial charge in [0.15, 0.2) is 5.60 Å². The third-order valence-corrected chi connectivity index (χ3v) is 3.48. The molecule has 2 rings (SSSR count). The fourth-order valence-corrected chi connectivity index (χ4v) is 2.31. The lowest BCUT2D eigenvalue weighted by Crippen LogP contribution is -2.55. The highest BCUT2D eigenvalue weighted by atomic mass is 35.5. The Morgan fingerprint density at radius 1 is 0.955 bits per heavy atom. The maximum Gasteiger partial charge on any atom is 0.457 e. The molecule has 8 heteroatoms. The van der Waals surface area contributed by atoms with Crippen molar-refractivity contribution in [2.75, 3.05) is 0 Å². The van der Waals surface area contributed by atoms with E-state index >= 15 is 0 Å². The second-order valence-electron chi connectivity index (χ2n) is 4.50. The number of aliphatic hydroxyl groups is 1. The predicted octanol–water partition coefficient (Wildman–Crippen LogP) is 4.17. The molecule has 0 amide bonds. The van der Waals surface area contributed by atoms with Crippen LogP contribution >= 0.6 is 11.6 Å². The van der Waals surface area contributed by atoms with Crippen LogP contribution in [0.4, 0.5) is 22.0 Å². The van der Waals surface area contributed by atoms with Crippen LogP contribution in [-0.2, 0) is 5.60 Å². The minimum absolute atomic E-state index is 0.419. The van der Waals surface area contributed by atoms with Crippen LogP contribution in [0, 0.1) is 0 Å². The van der Waals surface area contributed by atoms with Crippen molar-refractivity contribution in [1.82, 2.24) is 4.98 Å². The normalized spacial score (nSPS) is 15.4. The molecule has 2 aromatic rings. The Labute approximate surface area is 127 Å². The van der Waals surface area contributed by atoms with Crippen LogP contribution in [0.2, 0.25) is 5.02 Å². The number of pyridine rings is 1. The van der Waals surface area contributed by atoms with Crippen LogP contribution in [0.15, 0.2) is 48.8 Å². The molecule has 1 aromatic heterocycles. The van der Waals surface area contributed by atoms with E-state index in [1.54, 1.807) is 0 Å². The van der Waals surface area contributed by atoms with Gasteiger partial charge in [-0.15, -0.1) is 0 Å². The van der Waals surface area contributed by atoms with Crippen molar-refractivity contribution >= 4 is 11.6 Å². The Kier molecular flexibility index (Phi) is 4.14. The summed E-state index contributed by atoms with van der Waals surface area (Å²) in [4.78, 5) is 3.50. The quantitative estimate of drug-likeness (QED) is 0.853. The Hall–Kier alpha value is -1.73. The van der Waals surface area contributed by atoms with Gasteiger partial charge in [-0.25, -0.2) is 0 Å². The Balaban J connectivity index is 2.80. The molecular weight excluding hydrogens is 329 g/mol. The summed E-state index contributed by atoms with van der Waals surface area (Å²) >= 11 is 5.73. The number of alkyl halides is 5. The van der Waals surface area contributed by atoms with Crippen molar-refractivity contribution in [1.29, 1.82) is 0 Å². The SMILES string of the molecule is OC(c1cccnc1)(c1ccccc1Cl)C(F)(F)C(F)(F)F. The maximum absolute atomic E-state index is 14.1. The number of nitrogens with zero attached hydrogens (tertiary/aromatic N) is 1. The van der Waals surface area contributed by atoms with Crippen LogP contribution in [0.5, 0.6) is 0 Å². The topological polar surface area (TPSA) is 33.1 Å². The van der Waals surface area contributed by atoms with Crippen LogP contribution in [0.25, 0.3) is 0 Å². The third kappa shape index (κ3) is 2.44. The zero-order chi connectivity index (χ0) is 16.6. The molecule has 0 spiro atoms. The van der Waals surface area contributed by atoms with Gasteiger partial charge >= 0.3 is 12.1 Å². The first kappa shape index (κ1) is 16.6. The number of rotatable bonds is 3. The molecule has 1 atom stereocenters. The van der Waals surface area contributed by atoms with E-state index in [4.69, 9.17) is 11.6 Å². The molecule has 0 radical (unpaired) electrons. The first-order valence-electron chi connectivity index (χ1n) is 5.95. The molecular formula is C14H9ClF5NO. The highest BCUT2D eigenvalue weighted by Crippen LogP contribution is 2.52. The van der Waals surface area contributed by atoms with Crippen molar-refractivity contribution in [2.45, 2.75) is 17.7 Å². The van der Waals surface area contributed by atoms with Crippen molar-refractivity contribution in [3.8, 4) is 0 Å². The summed E-state index contributed by atoms with van der Waals surface area (Å²) in [7, 11) is 0. The Morgan fingerprint density at radius 3 is 2.09 bits per heavy atom. The van der Waals surface area contributed by atoms with Crippen LogP contribution in [0.1, 0.15) is 11.1 Å². The largest absolute Gasteiger partial charge is 0.457 e. The van der Waals surface area contributed by atoms with Crippen molar-refractivity contribution in [3.63, 3.8) is 0 Å². The fraction of sp³-hybridized carbons (Fsp3) is 0.214. The van der Waals surface area contributed by atoms with Crippen LogP contribution in [-0.4, -0.2) is 22.2 Å². The van der Waals surface area contributed by atoms with E-state index in [1.165, 1.54) is 18.3 Å². The number of hydrogen-bond acceptors (Lipinski definition) is 2. The summed E-state index contributed by atoms with van der Waals surface area (Å²) in [5.74, 6) is -5.48. The standard InChI is InChI=1S/C14H9ClF5NO/c15-11-6-2-1-5-10(11)12(22,9-4-3-7-21-8-9)13(16,17)14(18,19)20/h1-8,22H. The van der Waals surface area contributed by atoms with Gasteiger partial charge in [-0.05, 0) is 12.1 Å². The molecule has 0 aliphatic heterocycles. The molecule has 0 bridgehead atoms. The summed E-state index contributed by atoms with van der Waals surface area (Å²) in [6, 6.07) is 6.65. The molecule has 1 aromatic carbocycles. The van der Waals surface area contributed by atoms with Gasteiger partial charge < -0.3 is 5.11 Å². The predicted molar refractivity (Wildman–Crippen MR) is 69.7 cm³/mol. The molecule has 2 nitrogen and oxygen atoms in total. The number of hydrogen-bond donors (Lipinski definition) is 1. The number of benzene rings is 1. The van der Waals surface area contributed by atoms with Gasteiger partial charge in [0.2, 0.25) is 0 Å². The molecule has 22 heavy (non-hydrogen) atoms. The highest BCUT2D eigenvalue weighted by Gasteiger charge is 2.71. The van der Waals surface area contributed by atoms with Crippen molar-refractivity contribution < 1.29 is 27.1 Å². The molecule has 0 fully saturated rings. The van der Waals surface area contributed by atoms with Gasteiger partial charge in [0, 0.05) is 28.5 Å². The molecule has 1 unspecified atom stereocenters. The van der Waals surface area contributed by atoms with Gasteiger partial charge in [-0.3, -0.25) is 4.98 Å². The van der Waals surface area contributed by atoms with E-state index in [0.29, 0.717) is 0 Å². The minimum atomic E-state index is -5.99. The Morgan fingerprint density at radius 2 is 1.59 bits per heavy atom. The summed E-state index contributed by atoms with van der Waals surface area (Å²) in [5.41, 5.74) is -5.17. The first-order chi connectivity index (χ1) is 10.1. The van der Waals surface area contributed by atoms with Gasteiger partial charge in [-0.2, -0.15) is 22.0 Å². The van der Waals surface area contributed by atoms with E-state index in [0.717, 1.165) is 30.5 Å². The monoisotopic (exact) mass is 337 g/mol. The van der Waals surface area contributed by atoms with E-state index in [9.17, 15) is 27.1 Å². The third-order valence-electron chi connectivity index (χ3n) is 3.15.